The van der Waals surface area contributed by atoms with Gasteiger partial charge in [-0.3, -0.25) is 23.9 Å². The molecule has 2 amide bonds. The van der Waals surface area contributed by atoms with Gasteiger partial charge in [0, 0.05) is 27.9 Å². The molecule has 0 saturated heterocycles. The largest absolute Gasteiger partial charge is 0.366 e. The molecule has 4 N–H and O–H groups in total. The number of hydrogen-bond acceptors (Lipinski definition) is 5. The Balaban J connectivity index is 0.000000695. The van der Waals surface area contributed by atoms with E-state index in [1.165, 1.54) is 0 Å². The Morgan fingerprint density at radius 1 is 1.33 bits per heavy atom. The van der Waals surface area contributed by atoms with Gasteiger partial charge in [0.2, 0.25) is 5.91 Å². The van der Waals surface area contributed by atoms with Crippen molar-refractivity contribution in [1.82, 2.24) is 9.55 Å². The van der Waals surface area contributed by atoms with Crippen LogP contribution in [-0.4, -0.2) is 33.6 Å². The number of allylic oxidation sites excluding steroid dienone is 1. The lowest BCUT2D eigenvalue weighted by atomic mass is 10.0. The van der Waals surface area contributed by atoms with Crippen molar-refractivity contribution in [3.63, 3.8) is 0 Å². The van der Waals surface area contributed by atoms with Crippen LogP contribution in [0.5, 0.6) is 0 Å². The molecule has 0 spiro atoms. The van der Waals surface area contributed by atoms with Gasteiger partial charge in [-0.15, -0.1) is 0 Å². The number of aliphatic imine (C=N–C) groups is 1. The average Bonchev–Trinajstić information content (AvgIpc) is 2.90. The average molecular weight is 416 g/mol. The highest BCUT2D eigenvalue weighted by Gasteiger charge is 2.17. The summed E-state index contributed by atoms with van der Waals surface area (Å²) in [6.07, 6.45) is 6.17. The molecule has 0 aliphatic carbocycles. The van der Waals surface area contributed by atoms with Gasteiger partial charge in [-0.1, -0.05) is 13.0 Å². The van der Waals surface area contributed by atoms with E-state index < -0.39 is 11.8 Å². The predicted octanol–water partition coefficient (Wildman–Crippen LogP) is 2.47. The van der Waals surface area contributed by atoms with E-state index >= 15 is 0 Å². The second kappa shape index (κ2) is 10.5. The van der Waals surface area contributed by atoms with Crippen LogP contribution in [0.25, 0.3) is 10.9 Å². The maximum Gasteiger partial charge on any atom is 0.266 e. The van der Waals surface area contributed by atoms with Crippen molar-refractivity contribution in [2.45, 2.75) is 46.6 Å². The first-order valence-corrected chi connectivity index (χ1v) is 10.1. The van der Waals surface area contributed by atoms with E-state index in [0.29, 0.717) is 34.6 Å². The quantitative estimate of drug-likeness (QED) is 0.742. The first-order chi connectivity index (χ1) is 14.3. The monoisotopic (exact) mass is 415 g/mol. The Kier molecular flexibility index (Phi) is 8.03. The van der Waals surface area contributed by atoms with Gasteiger partial charge in [0.25, 0.3) is 11.5 Å². The molecule has 1 aromatic carbocycles. The number of aromatic nitrogens is 2. The molecule has 0 saturated carbocycles. The summed E-state index contributed by atoms with van der Waals surface area (Å²) < 4.78 is 1.77. The molecule has 0 fully saturated rings. The molecule has 3 rings (SSSR count). The minimum absolute atomic E-state index is 0. The summed E-state index contributed by atoms with van der Waals surface area (Å²) in [6, 6.07) is 4.83. The normalized spacial score (nSPS) is 16.5. The van der Waals surface area contributed by atoms with E-state index in [-0.39, 0.29) is 8.41 Å². The number of fused-ring (bicyclic) bond motifs is 2. The van der Waals surface area contributed by atoms with Gasteiger partial charge in [0.15, 0.2) is 0 Å². The number of primary amides is 2. The summed E-state index contributed by atoms with van der Waals surface area (Å²) in [6.45, 7) is 7.17. The fraction of sp³-hybridized carbons (Fsp3) is 0.409. The zero-order valence-electron chi connectivity index (χ0n) is 17.7. The third-order valence-electron chi connectivity index (χ3n) is 4.93. The summed E-state index contributed by atoms with van der Waals surface area (Å²) in [4.78, 5) is 42.7. The summed E-state index contributed by atoms with van der Waals surface area (Å²) in [5, 5.41) is 0.549. The number of nitrogens with two attached hydrogens (primary N) is 2. The van der Waals surface area contributed by atoms with Crippen LogP contribution in [0.1, 0.15) is 52.6 Å². The first-order valence-electron chi connectivity index (χ1n) is 10.1. The van der Waals surface area contributed by atoms with E-state index in [1.807, 2.05) is 13.8 Å². The van der Waals surface area contributed by atoms with Crippen LogP contribution < -0.4 is 17.0 Å². The standard InChI is InChI=1S/C15H17N3O2.C7H12N2O.2H2/c1-9-2-5-13-17-12-8-10(14(16)19)3-4-11(12)15(20)18(13)7-6-9;1-3-5-6(7(8)10)9-4-2;;/h3-4,8-9H,2,5-7H2,1H3,(H2,16,19);3,5H,4H2,1-2H3,(H2,8,10);2*1H/b;5-3-,9-6?;;. The summed E-state index contributed by atoms with van der Waals surface area (Å²) in [5.41, 5.74) is 11.5. The Bertz CT molecular complexity index is 1060. The van der Waals surface area contributed by atoms with Crippen molar-refractivity contribution in [3.8, 4) is 0 Å². The van der Waals surface area contributed by atoms with Crippen LogP contribution in [0.4, 0.5) is 0 Å². The van der Waals surface area contributed by atoms with Crippen molar-refractivity contribution in [2.75, 3.05) is 6.54 Å². The fourth-order valence-electron chi connectivity index (χ4n) is 3.25. The first kappa shape index (κ1) is 23.0. The summed E-state index contributed by atoms with van der Waals surface area (Å²) >= 11 is 0. The minimum Gasteiger partial charge on any atom is -0.366 e. The highest BCUT2D eigenvalue weighted by Crippen LogP contribution is 2.19. The molecular formula is C22H33N5O3. The molecule has 1 atom stereocenters. The molecular weight excluding hydrogens is 382 g/mol. The summed E-state index contributed by atoms with van der Waals surface area (Å²) in [5.74, 6) is 0.436. The predicted molar refractivity (Wildman–Crippen MR) is 123 cm³/mol. The van der Waals surface area contributed by atoms with Gasteiger partial charge in [-0.05, 0) is 56.9 Å². The zero-order valence-corrected chi connectivity index (χ0v) is 17.7. The molecule has 1 aliphatic rings. The minimum atomic E-state index is -0.502. The van der Waals surface area contributed by atoms with Crippen molar-refractivity contribution >= 4 is 28.4 Å². The van der Waals surface area contributed by atoms with Gasteiger partial charge in [-0.25, -0.2) is 4.98 Å². The third-order valence-corrected chi connectivity index (χ3v) is 4.93. The molecule has 8 nitrogen and oxygen atoms in total. The second-order valence-electron chi connectivity index (χ2n) is 7.24. The van der Waals surface area contributed by atoms with Crippen LogP contribution >= 0.6 is 0 Å². The van der Waals surface area contributed by atoms with Gasteiger partial charge in [-0.2, -0.15) is 0 Å². The van der Waals surface area contributed by atoms with E-state index in [0.717, 1.165) is 31.6 Å². The molecule has 0 bridgehead atoms. The van der Waals surface area contributed by atoms with Crippen LogP contribution in [0, 0.1) is 5.92 Å². The lowest BCUT2D eigenvalue weighted by Gasteiger charge is -2.10. The summed E-state index contributed by atoms with van der Waals surface area (Å²) in [7, 11) is 0. The van der Waals surface area contributed by atoms with Gasteiger partial charge >= 0.3 is 0 Å². The topological polar surface area (TPSA) is 133 Å². The molecule has 2 heterocycles. The Morgan fingerprint density at radius 3 is 2.67 bits per heavy atom. The number of nitrogens with zero attached hydrogens (tertiary/aromatic N) is 3. The van der Waals surface area contributed by atoms with Crippen molar-refractivity contribution in [3.05, 3.63) is 52.1 Å². The maximum atomic E-state index is 12.5. The number of amides is 2. The molecule has 1 unspecified atom stereocenters. The van der Waals surface area contributed by atoms with E-state index in [2.05, 4.69) is 16.9 Å². The van der Waals surface area contributed by atoms with E-state index in [9.17, 15) is 14.4 Å². The Labute approximate surface area is 178 Å². The highest BCUT2D eigenvalue weighted by atomic mass is 16.1. The van der Waals surface area contributed by atoms with E-state index in [4.69, 9.17) is 11.5 Å². The molecule has 1 aromatic heterocycles. The molecule has 1 aliphatic heterocycles. The van der Waals surface area contributed by atoms with Crippen molar-refractivity contribution in [2.24, 2.45) is 22.4 Å². The van der Waals surface area contributed by atoms with E-state index in [1.54, 1.807) is 34.9 Å². The lowest BCUT2D eigenvalue weighted by molar-refractivity contribution is -0.111. The molecule has 164 valence electrons. The number of hydrogen-bond donors (Lipinski definition) is 2. The van der Waals surface area contributed by atoms with Crippen molar-refractivity contribution in [1.29, 1.82) is 0 Å². The zero-order chi connectivity index (χ0) is 22.3. The van der Waals surface area contributed by atoms with Gasteiger partial charge in [0.1, 0.15) is 11.5 Å². The molecule has 2 aromatic rings. The second-order valence-corrected chi connectivity index (χ2v) is 7.24. The van der Waals surface area contributed by atoms with Crippen LogP contribution in [0.3, 0.4) is 0 Å². The molecule has 30 heavy (non-hydrogen) atoms. The maximum absolute atomic E-state index is 12.5. The molecule has 8 heteroatoms. The van der Waals surface area contributed by atoms with Gasteiger partial charge in [0.05, 0.1) is 10.9 Å². The van der Waals surface area contributed by atoms with Gasteiger partial charge < -0.3 is 11.5 Å². The SMILES string of the molecule is C/C=C\C(=NCC)C(N)=O.CC1CCc2nc3cc(C(N)=O)ccc3c(=O)n2CC1.[HH].[HH]. The number of rotatable bonds is 4. The number of carbonyl (C=O) groups excluding carboxylic acids is 2. The van der Waals surface area contributed by atoms with Crippen LogP contribution in [0.15, 0.2) is 40.1 Å². The lowest BCUT2D eigenvalue weighted by Crippen LogP contribution is -2.25. The third kappa shape index (κ3) is 5.62. The van der Waals surface area contributed by atoms with Crippen molar-refractivity contribution < 1.29 is 12.4 Å². The number of aryl methyl sites for hydroxylation is 1. The molecule has 0 radical (unpaired) electrons. The highest BCUT2D eigenvalue weighted by molar-refractivity contribution is 6.42. The Hall–Kier alpha value is -3.29. The fourth-order valence-corrected chi connectivity index (χ4v) is 3.25. The van der Waals surface area contributed by atoms with Crippen LogP contribution in [-0.2, 0) is 17.8 Å². The Morgan fingerprint density at radius 2 is 2.07 bits per heavy atom. The number of carbonyl (C=O) groups is 2. The van der Waals surface area contributed by atoms with Crippen LogP contribution in [0.2, 0.25) is 0 Å². The number of benzene rings is 1. The smallest absolute Gasteiger partial charge is 0.266 e.